The topological polar surface area (TPSA) is 41.1 Å². The molecular weight excluding hydrogens is 236 g/mol. The Bertz CT molecular complexity index is 430. The maximum Gasteiger partial charge on any atom is 0.242 e. The molecular formula is C16H24N2O. The average Bonchev–Trinajstić information content (AvgIpc) is 2.80. The van der Waals surface area contributed by atoms with Crippen molar-refractivity contribution in [3.05, 3.63) is 29.3 Å². The first-order chi connectivity index (χ1) is 9.04. The summed E-state index contributed by atoms with van der Waals surface area (Å²) < 4.78 is 0. The molecule has 0 aliphatic heterocycles. The van der Waals surface area contributed by atoms with E-state index in [1.165, 1.54) is 24.0 Å². The molecule has 2 rings (SSSR count). The van der Waals surface area contributed by atoms with Crippen molar-refractivity contribution in [2.45, 2.75) is 58.5 Å². The predicted octanol–water partition coefficient (Wildman–Crippen LogP) is 3.16. The fraction of sp³-hybridized carbons (Fsp3) is 0.562. The fourth-order valence-electron chi connectivity index (χ4n) is 2.77. The number of anilines is 1. The Morgan fingerprint density at radius 3 is 2.32 bits per heavy atom. The molecule has 1 amide bonds. The van der Waals surface area contributed by atoms with Gasteiger partial charge in [-0.15, -0.1) is 0 Å². The Morgan fingerprint density at radius 2 is 1.74 bits per heavy atom. The van der Waals surface area contributed by atoms with Crippen molar-refractivity contribution < 1.29 is 4.79 Å². The molecule has 1 aliphatic rings. The first-order valence-electron chi connectivity index (χ1n) is 7.20. The normalized spacial score (nSPS) is 17.2. The van der Waals surface area contributed by atoms with Crippen LogP contribution in [-0.4, -0.2) is 18.0 Å². The molecule has 1 aromatic rings. The lowest BCUT2D eigenvalue weighted by Crippen LogP contribution is -2.42. The lowest BCUT2D eigenvalue weighted by molar-refractivity contribution is -0.122. The van der Waals surface area contributed by atoms with E-state index < -0.39 is 0 Å². The Labute approximate surface area is 115 Å². The summed E-state index contributed by atoms with van der Waals surface area (Å²) in [6.07, 6.45) is 4.73. The van der Waals surface area contributed by atoms with Gasteiger partial charge in [0.05, 0.1) is 0 Å². The quantitative estimate of drug-likeness (QED) is 0.873. The van der Waals surface area contributed by atoms with Crippen LogP contribution in [0.1, 0.15) is 43.7 Å². The van der Waals surface area contributed by atoms with Gasteiger partial charge in [0, 0.05) is 11.7 Å². The molecule has 0 unspecified atom stereocenters. The highest BCUT2D eigenvalue weighted by molar-refractivity contribution is 5.84. The second kappa shape index (κ2) is 6.09. The summed E-state index contributed by atoms with van der Waals surface area (Å²) >= 11 is 0. The SMILES string of the molecule is Cc1cc(C)cc(N[C@H](C)C(=O)NC2CCCC2)c1. The van der Waals surface area contributed by atoms with Crippen LogP contribution in [-0.2, 0) is 4.79 Å². The number of nitrogens with one attached hydrogen (secondary N) is 2. The van der Waals surface area contributed by atoms with E-state index >= 15 is 0 Å². The van der Waals surface area contributed by atoms with Gasteiger partial charge in [-0.1, -0.05) is 18.9 Å². The van der Waals surface area contributed by atoms with E-state index in [0.717, 1.165) is 18.5 Å². The Kier molecular flexibility index (Phi) is 4.46. The first kappa shape index (κ1) is 13.9. The smallest absolute Gasteiger partial charge is 0.242 e. The van der Waals surface area contributed by atoms with E-state index in [-0.39, 0.29) is 11.9 Å². The van der Waals surface area contributed by atoms with Gasteiger partial charge < -0.3 is 10.6 Å². The van der Waals surface area contributed by atoms with Crippen LogP contribution in [0.15, 0.2) is 18.2 Å². The highest BCUT2D eigenvalue weighted by Crippen LogP contribution is 2.18. The first-order valence-corrected chi connectivity index (χ1v) is 7.20. The molecule has 0 spiro atoms. The van der Waals surface area contributed by atoms with Crippen molar-refractivity contribution in [1.29, 1.82) is 0 Å². The van der Waals surface area contributed by atoms with E-state index in [2.05, 4.69) is 42.7 Å². The zero-order chi connectivity index (χ0) is 13.8. The molecule has 0 radical (unpaired) electrons. The summed E-state index contributed by atoms with van der Waals surface area (Å²) in [7, 11) is 0. The van der Waals surface area contributed by atoms with Crippen molar-refractivity contribution in [2.24, 2.45) is 0 Å². The number of benzene rings is 1. The van der Waals surface area contributed by atoms with Crippen LogP contribution in [0.3, 0.4) is 0 Å². The van der Waals surface area contributed by atoms with Gasteiger partial charge in [-0.25, -0.2) is 0 Å². The number of carbonyl (C=O) groups excluding carboxylic acids is 1. The number of aryl methyl sites for hydroxylation is 2. The third kappa shape index (κ3) is 3.98. The lowest BCUT2D eigenvalue weighted by atomic mass is 10.1. The number of hydrogen-bond donors (Lipinski definition) is 2. The van der Waals surface area contributed by atoms with Crippen LogP contribution in [0.5, 0.6) is 0 Å². The number of hydrogen-bond acceptors (Lipinski definition) is 2. The number of rotatable bonds is 4. The van der Waals surface area contributed by atoms with Crippen LogP contribution in [0.4, 0.5) is 5.69 Å². The van der Waals surface area contributed by atoms with Gasteiger partial charge in [0.25, 0.3) is 0 Å². The highest BCUT2D eigenvalue weighted by atomic mass is 16.2. The van der Waals surface area contributed by atoms with E-state index in [4.69, 9.17) is 0 Å². The van der Waals surface area contributed by atoms with E-state index in [9.17, 15) is 4.79 Å². The monoisotopic (exact) mass is 260 g/mol. The minimum Gasteiger partial charge on any atom is -0.374 e. The fourth-order valence-corrected chi connectivity index (χ4v) is 2.77. The van der Waals surface area contributed by atoms with Gasteiger partial charge in [0.2, 0.25) is 5.91 Å². The highest BCUT2D eigenvalue weighted by Gasteiger charge is 2.20. The zero-order valence-electron chi connectivity index (χ0n) is 12.1. The largest absolute Gasteiger partial charge is 0.374 e. The molecule has 0 aromatic heterocycles. The van der Waals surface area contributed by atoms with E-state index in [1.54, 1.807) is 0 Å². The second-order valence-corrected chi connectivity index (χ2v) is 5.73. The summed E-state index contributed by atoms with van der Waals surface area (Å²) in [6.45, 7) is 6.06. The van der Waals surface area contributed by atoms with E-state index in [1.807, 2.05) is 6.92 Å². The molecule has 0 bridgehead atoms. The number of carbonyl (C=O) groups is 1. The molecule has 0 heterocycles. The standard InChI is InChI=1S/C16H24N2O/c1-11-8-12(2)10-15(9-11)17-13(3)16(19)18-14-6-4-5-7-14/h8-10,13-14,17H,4-7H2,1-3H3,(H,18,19)/t13-/m1/s1. The molecule has 3 heteroatoms. The third-order valence-electron chi connectivity index (χ3n) is 3.70. The van der Waals surface area contributed by atoms with Crippen molar-refractivity contribution >= 4 is 11.6 Å². The predicted molar refractivity (Wildman–Crippen MR) is 79.4 cm³/mol. The molecule has 3 nitrogen and oxygen atoms in total. The Hall–Kier alpha value is -1.51. The molecule has 1 saturated carbocycles. The van der Waals surface area contributed by atoms with Crippen LogP contribution in [0, 0.1) is 13.8 Å². The summed E-state index contributed by atoms with van der Waals surface area (Å²) in [5, 5.41) is 6.41. The van der Waals surface area contributed by atoms with Crippen LogP contribution < -0.4 is 10.6 Å². The Morgan fingerprint density at radius 1 is 1.16 bits per heavy atom. The molecule has 1 aliphatic carbocycles. The minimum absolute atomic E-state index is 0.103. The molecule has 104 valence electrons. The van der Waals surface area contributed by atoms with Gasteiger partial charge in [-0.05, 0) is 56.9 Å². The zero-order valence-corrected chi connectivity index (χ0v) is 12.1. The van der Waals surface area contributed by atoms with Gasteiger partial charge in [-0.2, -0.15) is 0 Å². The van der Waals surface area contributed by atoms with Crippen molar-refractivity contribution in [3.63, 3.8) is 0 Å². The van der Waals surface area contributed by atoms with Crippen molar-refractivity contribution in [1.82, 2.24) is 5.32 Å². The average molecular weight is 260 g/mol. The third-order valence-corrected chi connectivity index (χ3v) is 3.70. The van der Waals surface area contributed by atoms with Gasteiger partial charge in [0.15, 0.2) is 0 Å². The van der Waals surface area contributed by atoms with Gasteiger partial charge >= 0.3 is 0 Å². The molecule has 1 aromatic carbocycles. The van der Waals surface area contributed by atoms with Gasteiger partial charge in [0.1, 0.15) is 6.04 Å². The molecule has 19 heavy (non-hydrogen) atoms. The summed E-state index contributed by atoms with van der Waals surface area (Å²) in [5.74, 6) is 0.103. The molecule has 2 N–H and O–H groups in total. The van der Waals surface area contributed by atoms with E-state index in [0.29, 0.717) is 6.04 Å². The molecule has 0 saturated heterocycles. The molecule has 1 atom stereocenters. The molecule has 1 fully saturated rings. The number of amides is 1. The lowest BCUT2D eigenvalue weighted by Gasteiger charge is -2.19. The maximum atomic E-state index is 12.1. The minimum atomic E-state index is -0.193. The van der Waals surface area contributed by atoms with Crippen molar-refractivity contribution in [2.75, 3.05) is 5.32 Å². The Balaban J connectivity index is 1.91. The summed E-state index contributed by atoms with van der Waals surface area (Å²) in [5.41, 5.74) is 3.45. The van der Waals surface area contributed by atoms with Crippen LogP contribution in [0.25, 0.3) is 0 Å². The second-order valence-electron chi connectivity index (χ2n) is 5.73. The van der Waals surface area contributed by atoms with Gasteiger partial charge in [-0.3, -0.25) is 4.79 Å². The summed E-state index contributed by atoms with van der Waals surface area (Å²) in [6, 6.07) is 6.48. The van der Waals surface area contributed by atoms with Crippen LogP contribution >= 0.6 is 0 Å². The van der Waals surface area contributed by atoms with Crippen molar-refractivity contribution in [3.8, 4) is 0 Å². The van der Waals surface area contributed by atoms with Crippen LogP contribution in [0.2, 0.25) is 0 Å². The maximum absolute atomic E-state index is 12.1. The summed E-state index contributed by atoms with van der Waals surface area (Å²) in [4.78, 5) is 12.1.